The second kappa shape index (κ2) is 10.5. The SMILES string of the molecule is CCOCCOCCOC1CCC(Oc2ccc(N)cc2)CC1. The van der Waals surface area contributed by atoms with Crippen molar-refractivity contribution in [3.05, 3.63) is 24.3 Å². The molecule has 0 unspecified atom stereocenters. The molecule has 0 atom stereocenters. The zero-order valence-corrected chi connectivity index (χ0v) is 14.0. The van der Waals surface area contributed by atoms with E-state index in [-0.39, 0.29) is 6.10 Å². The highest BCUT2D eigenvalue weighted by Crippen LogP contribution is 2.25. The molecule has 1 aliphatic carbocycles. The second-order valence-electron chi connectivity index (χ2n) is 5.77. The quantitative estimate of drug-likeness (QED) is 0.530. The average molecular weight is 323 g/mol. The third-order valence-electron chi connectivity index (χ3n) is 3.96. The van der Waals surface area contributed by atoms with Crippen LogP contribution in [-0.4, -0.2) is 45.2 Å². The maximum Gasteiger partial charge on any atom is 0.119 e. The minimum absolute atomic E-state index is 0.279. The van der Waals surface area contributed by atoms with Crippen LogP contribution in [0.1, 0.15) is 32.6 Å². The molecule has 0 saturated heterocycles. The number of anilines is 1. The third-order valence-corrected chi connectivity index (χ3v) is 3.96. The summed E-state index contributed by atoms with van der Waals surface area (Å²) in [5.74, 6) is 0.895. The lowest BCUT2D eigenvalue weighted by Gasteiger charge is -2.29. The lowest BCUT2D eigenvalue weighted by molar-refractivity contribution is -0.0323. The van der Waals surface area contributed by atoms with Crippen LogP contribution in [0.5, 0.6) is 5.75 Å². The van der Waals surface area contributed by atoms with Crippen molar-refractivity contribution in [2.24, 2.45) is 0 Å². The van der Waals surface area contributed by atoms with Gasteiger partial charge < -0.3 is 24.7 Å². The summed E-state index contributed by atoms with van der Waals surface area (Å²) in [6.45, 7) is 5.30. The molecule has 130 valence electrons. The van der Waals surface area contributed by atoms with E-state index in [1.165, 1.54) is 0 Å². The molecule has 0 spiro atoms. The Morgan fingerprint density at radius 3 is 2.17 bits per heavy atom. The largest absolute Gasteiger partial charge is 0.490 e. The Morgan fingerprint density at radius 2 is 1.48 bits per heavy atom. The summed E-state index contributed by atoms with van der Waals surface area (Å²) in [5, 5.41) is 0. The van der Waals surface area contributed by atoms with Gasteiger partial charge in [0.2, 0.25) is 0 Å². The molecule has 0 bridgehead atoms. The number of nitrogens with two attached hydrogens (primary N) is 1. The second-order valence-corrected chi connectivity index (χ2v) is 5.77. The Labute approximate surface area is 139 Å². The Hall–Kier alpha value is -1.30. The normalized spacial score (nSPS) is 21.3. The van der Waals surface area contributed by atoms with E-state index in [9.17, 15) is 0 Å². The monoisotopic (exact) mass is 323 g/mol. The summed E-state index contributed by atoms with van der Waals surface area (Å²) in [6, 6.07) is 7.60. The Kier molecular flexibility index (Phi) is 8.21. The number of rotatable bonds is 10. The van der Waals surface area contributed by atoms with Gasteiger partial charge in [0, 0.05) is 12.3 Å². The fourth-order valence-corrected chi connectivity index (χ4v) is 2.69. The molecule has 1 saturated carbocycles. The predicted octanol–water partition coefficient (Wildman–Crippen LogP) is 3.03. The van der Waals surface area contributed by atoms with Crippen molar-refractivity contribution in [3.8, 4) is 5.75 Å². The van der Waals surface area contributed by atoms with E-state index in [4.69, 9.17) is 24.7 Å². The van der Waals surface area contributed by atoms with Gasteiger partial charge in [-0.05, 0) is 56.9 Å². The molecule has 1 aromatic rings. The summed E-state index contributed by atoms with van der Waals surface area (Å²) in [6.07, 6.45) is 4.75. The van der Waals surface area contributed by atoms with Gasteiger partial charge >= 0.3 is 0 Å². The van der Waals surface area contributed by atoms with Crippen LogP contribution in [0.15, 0.2) is 24.3 Å². The predicted molar refractivity (Wildman–Crippen MR) is 90.8 cm³/mol. The van der Waals surface area contributed by atoms with Gasteiger partial charge in [-0.2, -0.15) is 0 Å². The van der Waals surface area contributed by atoms with Crippen LogP contribution in [0.2, 0.25) is 0 Å². The van der Waals surface area contributed by atoms with E-state index in [1.54, 1.807) is 0 Å². The molecule has 5 nitrogen and oxygen atoms in total. The van der Waals surface area contributed by atoms with Crippen molar-refractivity contribution < 1.29 is 18.9 Å². The zero-order valence-electron chi connectivity index (χ0n) is 14.0. The molecule has 0 amide bonds. The topological polar surface area (TPSA) is 62.9 Å². The molecule has 0 heterocycles. The van der Waals surface area contributed by atoms with Crippen molar-refractivity contribution in [3.63, 3.8) is 0 Å². The van der Waals surface area contributed by atoms with E-state index < -0.39 is 0 Å². The molecule has 2 N–H and O–H groups in total. The highest BCUT2D eigenvalue weighted by atomic mass is 16.5. The molecular weight excluding hydrogens is 294 g/mol. The van der Waals surface area contributed by atoms with Gasteiger partial charge in [-0.1, -0.05) is 0 Å². The smallest absolute Gasteiger partial charge is 0.119 e. The van der Waals surface area contributed by atoms with Crippen molar-refractivity contribution in [1.29, 1.82) is 0 Å². The molecule has 2 rings (SSSR count). The van der Waals surface area contributed by atoms with E-state index in [0.717, 1.165) is 43.7 Å². The molecule has 0 aromatic heterocycles. The van der Waals surface area contributed by atoms with Crippen LogP contribution in [-0.2, 0) is 14.2 Å². The molecule has 23 heavy (non-hydrogen) atoms. The van der Waals surface area contributed by atoms with Gasteiger partial charge in [0.25, 0.3) is 0 Å². The van der Waals surface area contributed by atoms with Gasteiger partial charge in [-0.25, -0.2) is 0 Å². The van der Waals surface area contributed by atoms with Crippen LogP contribution in [0.4, 0.5) is 5.69 Å². The van der Waals surface area contributed by atoms with Crippen LogP contribution in [0, 0.1) is 0 Å². The van der Waals surface area contributed by atoms with Crippen molar-refractivity contribution in [2.75, 3.05) is 38.8 Å². The first-order chi connectivity index (χ1) is 11.3. The van der Waals surface area contributed by atoms with Crippen molar-refractivity contribution in [2.45, 2.75) is 44.8 Å². The molecular formula is C18H29NO4. The molecule has 1 aromatic carbocycles. The van der Waals surface area contributed by atoms with E-state index in [1.807, 2.05) is 31.2 Å². The molecule has 0 radical (unpaired) electrons. The Bertz CT molecular complexity index is 416. The molecule has 1 fully saturated rings. The van der Waals surface area contributed by atoms with Crippen LogP contribution in [0.3, 0.4) is 0 Å². The van der Waals surface area contributed by atoms with Gasteiger partial charge in [-0.3, -0.25) is 0 Å². The first-order valence-corrected chi connectivity index (χ1v) is 8.57. The first kappa shape index (κ1) is 18.0. The highest BCUT2D eigenvalue weighted by Gasteiger charge is 2.22. The summed E-state index contributed by atoms with van der Waals surface area (Å²) in [4.78, 5) is 0. The zero-order chi connectivity index (χ0) is 16.3. The first-order valence-electron chi connectivity index (χ1n) is 8.57. The Balaban J connectivity index is 1.53. The van der Waals surface area contributed by atoms with Crippen LogP contribution >= 0.6 is 0 Å². The average Bonchev–Trinajstić information content (AvgIpc) is 2.58. The Morgan fingerprint density at radius 1 is 0.870 bits per heavy atom. The minimum Gasteiger partial charge on any atom is -0.490 e. The number of ether oxygens (including phenoxy) is 4. The molecule has 1 aliphatic rings. The summed E-state index contributed by atoms with van der Waals surface area (Å²) >= 11 is 0. The van der Waals surface area contributed by atoms with Crippen molar-refractivity contribution >= 4 is 5.69 Å². The van der Waals surface area contributed by atoms with Gasteiger partial charge in [0.1, 0.15) is 5.75 Å². The van der Waals surface area contributed by atoms with Gasteiger partial charge in [-0.15, -0.1) is 0 Å². The van der Waals surface area contributed by atoms with E-state index in [0.29, 0.717) is 32.5 Å². The maximum absolute atomic E-state index is 5.99. The summed E-state index contributed by atoms with van der Waals surface area (Å²) < 4.78 is 22.5. The number of hydrogen-bond donors (Lipinski definition) is 1. The minimum atomic E-state index is 0.279. The summed E-state index contributed by atoms with van der Waals surface area (Å²) in [7, 11) is 0. The molecule has 0 aliphatic heterocycles. The lowest BCUT2D eigenvalue weighted by Crippen LogP contribution is -2.29. The fraction of sp³-hybridized carbons (Fsp3) is 0.667. The standard InChI is InChI=1S/C18H29NO4/c1-2-20-11-12-21-13-14-22-16-7-9-18(10-8-16)23-17-5-3-15(19)4-6-17/h3-6,16,18H,2,7-14,19H2,1H3. The van der Waals surface area contributed by atoms with Crippen LogP contribution in [0.25, 0.3) is 0 Å². The van der Waals surface area contributed by atoms with E-state index >= 15 is 0 Å². The highest BCUT2D eigenvalue weighted by molar-refractivity contribution is 5.41. The fourth-order valence-electron chi connectivity index (χ4n) is 2.69. The number of hydrogen-bond acceptors (Lipinski definition) is 5. The van der Waals surface area contributed by atoms with Gasteiger partial charge in [0.15, 0.2) is 0 Å². The van der Waals surface area contributed by atoms with E-state index in [2.05, 4.69) is 0 Å². The lowest BCUT2D eigenvalue weighted by atomic mass is 9.95. The third kappa shape index (κ3) is 7.20. The molecule has 5 heteroatoms. The van der Waals surface area contributed by atoms with Crippen LogP contribution < -0.4 is 10.5 Å². The summed E-state index contributed by atoms with van der Waals surface area (Å²) in [5.41, 5.74) is 6.44. The van der Waals surface area contributed by atoms with Gasteiger partial charge in [0.05, 0.1) is 38.6 Å². The maximum atomic E-state index is 5.99. The number of benzene rings is 1. The number of nitrogen functional groups attached to an aromatic ring is 1. The van der Waals surface area contributed by atoms with Crippen molar-refractivity contribution in [1.82, 2.24) is 0 Å².